The van der Waals surface area contributed by atoms with Crippen molar-refractivity contribution in [2.24, 2.45) is 14.1 Å². The SMILES string of the molecule is C[n+]1c(N)sc2ccccc21.C[n+]1c(N)sc2ccccc21.O=S(=O)([O-])[O-]. The standard InChI is InChI=1S/2C8H8N2S.H2O4S/c2*1-10-6-4-2-3-5-7(6)11-8(10)9;1-5(2,3)4/h2*2-5,9H,1H3;(H2,1,2,3,4). The lowest BCUT2D eigenvalue weighted by molar-refractivity contribution is -0.626. The van der Waals surface area contributed by atoms with E-state index in [1.807, 2.05) is 47.5 Å². The lowest BCUT2D eigenvalue weighted by Crippen LogP contribution is -2.29. The Morgan fingerprint density at radius 2 is 1.07 bits per heavy atom. The fourth-order valence-corrected chi connectivity index (χ4v) is 4.07. The molecule has 0 unspecified atom stereocenters. The predicted octanol–water partition coefficient (Wildman–Crippen LogP) is 1.28. The van der Waals surface area contributed by atoms with Crippen LogP contribution in [-0.4, -0.2) is 17.5 Å². The smallest absolute Gasteiger partial charge is 0.332 e. The van der Waals surface area contributed by atoms with Crippen molar-refractivity contribution >= 4 is 63.8 Å². The number of nitrogen functional groups attached to an aromatic ring is 2. The molecule has 0 amide bonds. The van der Waals surface area contributed by atoms with Gasteiger partial charge in [-0.15, -0.1) is 0 Å². The summed E-state index contributed by atoms with van der Waals surface area (Å²) < 4.78 is 40.6. The summed E-state index contributed by atoms with van der Waals surface area (Å²) in [5.74, 6) is 0. The fourth-order valence-electron chi connectivity index (χ4n) is 2.24. The normalized spacial score (nSPS) is 10.8. The number of thiazole rings is 2. The first-order valence-corrected chi connectivity index (χ1v) is 10.5. The van der Waals surface area contributed by atoms with Gasteiger partial charge in [0.25, 0.3) is 0 Å². The van der Waals surface area contributed by atoms with Crippen LogP contribution in [0.1, 0.15) is 0 Å². The Hall–Kier alpha value is -2.31. The Kier molecular flexibility index (Phi) is 6.68. The van der Waals surface area contributed by atoms with E-state index in [9.17, 15) is 0 Å². The number of benzene rings is 2. The van der Waals surface area contributed by atoms with Gasteiger partial charge in [0.05, 0.1) is 23.5 Å². The monoisotopic (exact) mass is 426 g/mol. The van der Waals surface area contributed by atoms with Crippen LogP contribution in [0, 0.1) is 0 Å². The van der Waals surface area contributed by atoms with Crippen LogP contribution in [0.4, 0.5) is 10.3 Å². The zero-order chi connectivity index (χ0) is 20.2. The van der Waals surface area contributed by atoms with Crippen molar-refractivity contribution in [3.63, 3.8) is 0 Å². The number of nitrogens with zero attached hydrogens (tertiary/aromatic N) is 2. The maximum atomic E-state index is 8.52. The number of aryl methyl sites for hydroxylation is 2. The van der Waals surface area contributed by atoms with Gasteiger partial charge in [0.1, 0.15) is 11.0 Å². The molecule has 4 rings (SSSR count). The molecule has 11 heteroatoms. The van der Waals surface area contributed by atoms with Gasteiger partial charge in [0, 0.05) is 10.4 Å². The molecular weight excluding hydrogens is 408 g/mol. The van der Waals surface area contributed by atoms with Gasteiger partial charge < -0.3 is 9.11 Å². The number of rotatable bonds is 0. The zero-order valence-corrected chi connectivity index (χ0v) is 17.0. The highest BCUT2D eigenvalue weighted by atomic mass is 32.3. The summed E-state index contributed by atoms with van der Waals surface area (Å²) in [6.45, 7) is 0. The van der Waals surface area contributed by atoms with Crippen molar-refractivity contribution < 1.29 is 26.7 Å². The molecule has 0 fully saturated rings. The maximum Gasteiger partial charge on any atom is 0.332 e. The van der Waals surface area contributed by atoms with Crippen molar-refractivity contribution in [2.75, 3.05) is 11.5 Å². The lowest BCUT2D eigenvalue weighted by Gasteiger charge is -2.06. The van der Waals surface area contributed by atoms with Gasteiger partial charge in [0.2, 0.25) is 0 Å². The largest absolute Gasteiger partial charge is 0.759 e. The minimum absolute atomic E-state index is 0.853. The highest BCUT2D eigenvalue weighted by Gasteiger charge is 2.09. The highest BCUT2D eigenvalue weighted by Crippen LogP contribution is 2.20. The van der Waals surface area contributed by atoms with Crippen molar-refractivity contribution in [2.45, 2.75) is 0 Å². The summed E-state index contributed by atoms with van der Waals surface area (Å²) >= 11 is 3.24. The quantitative estimate of drug-likeness (QED) is 0.247. The van der Waals surface area contributed by atoms with Gasteiger partial charge in [-0.25, -0.2) is 9.13 Å². The van der Waals surface area contributed by atoms with E-state index < -0.39 is 10.4 Å². The molecule has 0 bridgehead atoms. The molecule has 0 saturated heterocycles. The molecule has 4 N–H and O–H groups in total. The van der Waals surface area contributed by atoms with Crippen molar-refractivity contribution in [3.8, 4) is 0 Å². The minimum atomic E-state index is -5.17. The Bertz CT molecular complexity index is 1080. The van der Waals surface area contributed by atoms with Gasteiger partial charge in [-0.2, -0.15) is 0 Å². The van der Waals surface area contributed by atoms with Gasteiger partial charge in [-0.05, 0) is 46.9 Å². The number of para-hydroxylation sites is 2. The molecule has 0 aliphatic rings. The van der Waals surface area contributed by atoms with Gasteiger partial charge >= 0.3 is 10.3 Å². The predicted molar refractivity (Wildman–Crippen MR) is 105 cm³/mol. The van der Waals surface area contributed by atoms with Crippen LogP contribution in [0.5, 0.6) is 0 Å². The Balaban J connectivity index is 0.000000157. The van der Waals surface area contributed by atoms with Crippen LogP contribution in [0.3, 0.4) is 0 Å². The van der Waals surface area contributed by atoms with E-state index in [1.165, 1.54) is 20.4 Å². The third-order valence-electron chi connectivity index (χ3n) is 3.54. The minimum Gasteiger partial charge on any atom is -0.759 e. The molecule has 0 saturated carbocycles. The second-order valence-electron chi connectivity index (χ2n) is 5.34. The molecule has 0 spiro atoms. The molecule has 27 heavy (non-hydrogen) atoms. The van der Waals surface area contributed by atoms with Crippen LogP contribution in [0.2, 0.25) is 0 Å². The molecule has 0 aliphatic carbocycles. The summed E-state index contributed by atoms with van der Waals surface area (Å²) in [6.07, 6.45) is 0. The summed E-state index contributed by atoms with van der Waals surface area (Å²) in [4.78, 5) is 0. The summed E-state index contributed by atoms with van der Waals surface area (Å²) in [5.41, 5.74) is 13.9. The second-order valence-corrected chi connectivity index (χ2v) is 8.28. The molecule has 144 valence electrons. The van der Waals surface area contributed by atoms with Crippen molar-refractivity contribution in [1.82, 2.24) is 0 Å². The number of hydrogen-bond donors (Lipinski definition) is 2. The molecule has 0 radical (unpaired) electrons. The van der Waals surface area contributed by atoms with Crippen molar-refractivity contribution in [1.29, 1.82) is 0 Å². The number of hydrogen-bond acceptors (Lipinski definition) is 8. The van der Waals surface area contributed by atoms with E-state index in [4.69, 9.17) is 29.0 Å². The van der Waals surface area contributed by atoms with E-state index in [0.717, 1.165) is 10.3 Å². The average molecular weight is 427 g/mol. The molecule has 8 nitrogen and oxygen atoms in total. The van der Waals surface area contributed by atoms with E-state index in [-0.39, 0.29) is 0 Å². The number of fused-ring (bicyclic) bond motifs is 2. The second kappa shape index (κ2) is 8.59. The van der Waals surface area contributed by atoms with E-state index in [1.54, 1.807) is 22.7 Å². The van der Waals surface area contributed by atoms with Crippen LogP contribution in [-0.2, 0) is 24.5 Å². The first kappa shape index (κ1) is 21.0. The molecule has 0 aliphatic heterocycles. The Morgan fingerprint density at radius 3 is 1.37 bits per heavy atom. The zero-order valence-electron chi connectivity index (χ0n) is 14.5. The fraction of sp³-hybridized carbons (Fsp3) is 0.125. The lowest BCUT2D eigenvalue weighted by atomic mass is 10.3. The maximum absolute atomic E-state index is 8.52. The summed E-state index contributed by atoms with van der Waals surface area (Å²) in [5, 5.41) is 1.71. The molecule has 2 aromatic carbocycles. The van der Waals surface area contributed by atoms with Crippen LogP contribution in [0.15, 0.2) is 48.5 Å². The number of nitrogens with two attached hydrogens (primary N) is 2. The average Bonchev–Trinajstić information content (AvgIpc) is 3.04. The van der Waals surface area contributed by atoms with E-state index >= 15 is 0 Å². The molecule has 4 aromatic rings. The Labute approximate surface area is 164 Å². The molecular formula is C16H18N4O4S3. The summed E-state index contributed by atoms with van der Waals surface area (Å²) in [7, 11) is -1.21. The highest BCUT2D eigenvalue weighted by molar-refractivity contribution is 7.79. The van der Waals surface area contributed by atoms with Crippen LogP contribution >= 0.6 is 22.7 Å². The van der Waals surface area contributed by atoms with Crippen LogP contribution < -0.4 is 20.6 Å². The van der Waals surface area contributed by atoms with Gasteiger partial charge in [-0.1, -0.05) is 24.3 Å². The topological polar surface area (TPSA) is 140 Å². The van der Waals surface area contributed by atoms with E-state index in [2.05, 4.69) is 24.3 Å². The number of anilines is 2. The molecule has 0 atom stereocenters. The van der Waals surface area contributed by atoms with Crippen molar-refractivity contribution in [3.05, 3.63) is 48.5 Å². The number of aromatic nitrogens is 2. The van der Waals surface area contributed by atoms with Gasteiger partial charge in [0.15, 0.2) is 0 Å². The van der Waals surface area contributed by atoms with Gasteiger partial charge in [-0.3, -0.25) is 19.9 Å². The first-order valence-electron chi connectivity index (χ1n) is 7.50. The molecule has 2 aromatic heterocycles. The molecule has 2 heterocycles. The van der Waals surface area contributed by atoms with E-state index in [0.29, 0.717) is 0 Å². The summed E-state index contributed by atoms with van der Waals surface area (Å²) in [6, 6.07) is 16.4. The Morgan fingerprint density at radius 1 is 0.778 bits per heavy atom. The third-order valence-corrected chi connectivity index (χ3v) is 5.64. The first-order chi connectivity index (χ1) is 12.6. The van der Waals surface area contributed by atoms with Crippen LogP contribution in [0.25, 0.3) is 20.4 Å². The third kappa shape index (κ3) is 5.84.